The summed E-state index contributed by atoms with van der Waals surface area (Å²) < 4.78 is 20.3. The van der Waals surface area contributed by atoms with E-state index >= 15 is 0 Å². The standard InChI is InChI=1S/C22H23FN8O/c1-10-26-7-14(8-27-10)32-22-29-20-18(15-4-12(23)5-17(25-2)19(15)28-20)21(30-22)31-9-11-3-13(31)6-16(11)24/h4-5,7-8,11,13,16,25H,3,6,9,24H2,1-2H3,(H,28,29,30). The molecule has 0 radical (unpaired) electrons. The molecule has 2 bridgehead atoms. The number of benzene rings is 1. The van der Waals surface area contributed by atoms with Crippen molar-refractivity contribution in [3.63, 3.8) is 0 Å². The van der Waals surface area contributed by atoms with Crippen molar-refractivity contribution < 1.29 is 9.13 Å². The number of rotatable bonds is 4. The van der Waals surface area contributed by atoms with E-state index < -0.39 is 0 Å². The quantitative estimate of drug-likeness (QED) is 0.448. The number of piperidine rings is 1. The Labute approximate surface area is 183 Å². The second-order valence-electron chi connectivity index (χ2n) is 8.57. The summed E-state index contributed by atoms with van der Waals surface area (Å²) in [5, 5.41) is 4.57. The lowest BCUT2D eigenvalue weighted by Crippen LogP contribution is -2.41. The van der Waals surface area contributed by atoms with Gasteiger partial charge in [0.25, 0.3) is 0 Å². The number of hydrogen-bond donors (Lipinski definition) is 3. The lowest BCUT2D eigenvalue weighted by atomic mass is 10.0. The molecule has 9 nitrogen and oxygen atoms in total. The van der Waals surface area contributed by atoms with Crippen molar-refractivity contribution in [3.8, 4) is 11.8 Å². The Morgan fingerprint density at radius 1 is 1.22 bits per heavy atom. The van der Waals surface area contributed by atoms with Crippen molar-refractivity contribution in [2.24, 2.45) is 11.7 Å². The summed E-state index contributed by atoms with van der Waals surface area (Å²) in [6.45, 7) is 2.62. The van der Waals surface area contributed by atoms with Crippen LogP contribution in [0.25, 0.3) is 21.9 Å². The number of halogens is 1. The Bertz CT molecular complexity index is 1340. The van der Waals surface area contributed by atoms with E-state index in [0.717, 1.165) is 41.5 Å². The van der Waals surface area contributed by atoms with Gasteiger partial charge in [-0.2, -0.15) is 9.97 Å². The predicted molar refractivity (Wildman–Crippen MR) is 120 cm³/mol. The first-order chi connectivity index (χ1) is 15.5. The fourth-order valence-corrected chi connectivity index (χ4v) is 5.07. The monoisotopic (exact) mass is 434 g/mol. The second-order valence-corrected chi connectivity index (χ2v) is 8.57. The van der Waals surface area contributed by atoms with Crippen molar-refractivity contribution >= 4 is 33.4 Å². The Hall–Kier alpha value is -3.53. The first kappa shape index (κ1) is 19.2. The number of anilines is 2. The van der Waals surface area contributed by atoms with E-state index in [1.54, 1.807) is 26.4 Å². The molecule has 1 saturated carbocycles. The first-order valence-electron chi connectivity index (χ1n) is 10.7. The summed E-state index contributed by atoms with van der Waals surface area (Å²) in [7, 11) is 1.76. The highest BCUT2D eigenvalue weighted by Crippen LogP contribution is 2.44. The van der Waals surface area contributed by atoms with Crippen LogP contribution in [-0.2, 0) is 0 Å². The number of H-pyrrole nitrogens is 1. The molecule has 1 aliphatic heterocycles. The molecular formula is C22H23FN8O. The smallest absolute Gasteiger partial charge is 0.326 e. The van der Waals surface area contributed by atoms with Gasteiger partial charge in [0, 0.05) is 31.1 Å². The van der Waals surface area contributed by atoms with Gasteiger partial charge < -0.3 is 25.7 Å². The maximum atomic E-state index is 14.4. The highest BCUT2D eigenvalue weighted by molar-refractivity contribution is 6.14. The van der Waals surface area contributed by atoms with Crippen LogP contribution in [0.1, 0.15) is 18.7 Å². The summed E-state index contributed by atoms with van der Waals surface area (Å²) in [5.74, 6) is 1.93. The average molecular weight is 434 g/mol. The van der Waals surface area contributed by atoms with Gasteiger partial charge in [0.15, 0.2) is 5.75 Å². The number of aryl methyl sites for hydroxylation is 1. The fourth-order valence-electron chi connectivity index (χ4n) is 5.07. The Morgan fingerprint density at radius 3 is 2.72 bits per heavy atom. The number of ether oxygens (including phenoxy) is 1. The first-order valence-corrected chi connectivity index (χ1v) is 10.7. The minimum atomic E-state index is -0.323. The van der Waals surface area contributed by atoms with Gasteiger partial charge in [-0.25, -0.2) is 14.4 Å². The molecule has 3 aromatic heterocycles. The van der Waals surface area contributed by atoms with Crippen LogP contribution >= 0.6 is 0 Å². The molecule has 164 valence electrons. The van der Waals surface area contributed by atoms with E-state index in [-0.39, 0.29) is 17.9 Å². The molecule has 4 aromatic rings. The Balaban J connectivity index is 1.55. The van der Waals surface area contributed by atoms with E-state index in [0.29, 0.717) is 34.9 Å². The summed E-state index contributed by atoms with van der Waals surface area (Å²) in [6.07, 6.45) is 5.13. The van der Waals surface area contributed by atoms with E-state index in [1.807, 2.05) is 0 Å². The largest absolute Gasteiger partial charge is 0.421 e. The van der Waals surface area contributed by atoms with Crippen molar-refractivity contribution in [3.05, 3.63) is 36.2 Å². The highest BCUT2D eigenvalue weighted by atomic mass is 19.1. The predicted octanol–water partition coefficient (Wildman–Crippen LogP) is 3.11. The van der Waals surface area contributed by atoms with Crippen LogP contribution in [0.2, 0.25) is 0 Å². The molecule has 4 heterocycles. The van der Waals surface area contributed by atoms with Gasteiger partial charge in [-0.05, 0) is 37.8 Å². The van der Waals surface area contributed by atoms with Crippen LogP contribution in [0.3, 0.4) is 0 Å². The molecular weight excluding hydrogens is 411 g/mol. The Morgan fingerprint density at radius 2 is 2.03 bits per heavy atom. The molecule has 3 unspecified atom stereocenters. The summed E-state index contributed by atoms with van der Waals surface area (Å²) in [4.78, 5) is 23.3. The van der Waals surface area contributed by atoms with Gasteiger partial charge in [-0.1, -0.05) is 0 Å². The van der Waals surface area contributed by atoms with E-state index in [1.165, 1.54) is 12.1 Å². The van der Waals surface area contributed by atoms with Crippen LogP contribution in [-0.4, -0.2) is 50.6 Å². The van der Waals surface area contributed by atoms with Crippen LogP contribution < -0.4 is 20.7 Å². The lowest BCUT2D eigenvalue weighted by Gasteiger charge is -2.31. The summed E-state index contributed by atoms with van der Waals surface area (Å²) in [6, 6.07) is 3.68. The third kappa shape index (κ3) is 2.94. The van der Waals surface area contributed by atoms with Crippen molar-refractivity contribution in [2.45, 2.75) is 31.8 Å². The molecule has 6 rings (SSSR count). The number of aromatic nitrogens is 5. The van der Waals surface area contributed by atoms with Crippen LogP contribution in [0.4, 0.5) is 15.9 Å². The number of nitrogens with one attached hydrogen (secondary N) is 2. The topological polar surface area (TPSA) is 118 Å². The van der Waals surface area contributed by atoms with E-state index in [4.69, 9.17) is 15.5 Å². The summed E-state index contributed by atoms with van der Waals surface area (Å²) >= 11 is 0. The number of aromatic amines is 1. The van der Waals surface area contributed by atoms with Gasteiger partial charge in [-0.15, -0.1) is 0 Å². The number of hydrogen-bond acceptors (Lipinski definition) is 8. The maximum absolute atomic E-state index is 14.4. The van der Waals surface area contributed by atoms with Crippen LogP contribution in [0, 0.1) is 18.7 Å². The molecule has 4 N–H and O–H groups in total. The minimum Gasteiger partial charge on any atom is -0.421 e. The average Bonchev–Trinajstić information content (AvgIpc) is 3.46. The third-order valence-corrected chi connectivity index (χ3v) is 6.59. The number of nitrogens with two attached hydrogens (primary N) is 1. The molecule has 1 aliphatic carbocycles. The molecule has 1 aromatic carbocycles. The molecule has 0 spiro atoms. The van der Waals surface area contributed by atoms with Gasteiger partial charge >= 0.3 is 6.01 Å². The minimum absolute atomic E-state index is 0.185. The molecule has 1 saturated heterocycles. The van der Waals surface area contributed by atoms with Crippen molar-refractivity contribution in [1.82, 2.24) is 24.9 Å². The van der Waals surface area contributed by atoms with E-state index in [2.05, 4.69) is 30.2 Å². The Kier molecular flexibility index (Phi) is 4.19. The van der Waals surface area contributed by atoms with Crippen molar-refractivity contribution in [2.75, 3.05) is 23.8 Å². The van der Waals surface area contributed by atoms with E-state index in [9.17, 15) is 4.39 Å². The zero-order valence-corrected chi connectivity index (χ0v) is 17.8. The third-order valence-electron chi connectivity index (χ3n) is 6.59. The second kappa shape index (κ2) is 6.99. The normalized spacial score (nSPS) is 22.2. The van der Waals surface area contributed by atoms with Gasteiger partial charge in [-0.3, -0.25) is 0 Å². The number of fused-ring (bicyclic) bond motifs is 5. The highest BCUT2D eigenvalue weighted by Gasteiger charge is 2.44. The van der Waals surface area contributed by atoms with Gasteiger partial charge in [0.2, 0.25) is 0 Å². The molecule has 3 atom stereocenters. The molecule has 10 heteroatoms. The van der Waals surface area contributed by atoms with Gasteiger partial charge in [0.1, 0.15) is 23.1 Å². The van der Waals surface area contributed by atoms with Crippen LogP contribution in [0.5, 0.6) is 11.8 Å². The maximum Gasteiger partial charge on any atom is 0.326 e. The summed E-state index contributed by atoms with van der Waals surface area (Å²) in [5.41, 5.74) is 8.30. The SMILES string of the molecule is CNc1cc(F)cc2c1[nH]c1nc(Oc3cnc(C)nc3)nc(N3CC4CC3CC4N)c12. The molecule has 32 heavy (non-hydrogen) atoms. The molecule has 0 amide bonds. The molecule has 2 fully saturated rings. The van der Waals surface area contributed by atoms with Crippen molar-refractivity contribution in [1.29, 1.82) is 0 Å². The van der Waals surface area contributed by atoms with Crippen LogP contribution in [0.15, 0.2) is 24.5 Å². The fraction of sp³-hybridized carbons (Fsp3) is 0.364. The zero-order chi connectivity index (χ0) is 22.0. The number of nitrogens with zero attached hydrogens (tertiary/aromatic N) is 5. The zero-order valence-electron chi connectivity index (χ0n) is 17.8. The lowest BCUT2D eigenvalue weighted by molar-refractivity contribution is 0.435. The molecule has 2 aliphatic rings. The van der Waals surface area contributed by atoms with Gasteiger partial charge in [0.05, 0.1) is 29.0 Å².